The molecule has 1 aliphatic carbocycles. The van der Waals surface area contributed by atoms with Crippen molar-refractivity contribution in [3.05, 3.63) is 85.0 Å². The van der Waals surface area contributed by atoms with Crippen molar-refractivity contribution >= 4 is 0 Å². The molecule has 0 unspecified atom stereocenters. The quantitative estimate of drug-likeness (QED) is 0.279. The zero-order valence-electron chi connectivity index (χ0n) is 17.8. The highest BCUT2D eigenvalue weighted by atomic mass is 16.5. The lowest BCUT2D eigenvalue weighted by molar-refractivity contribution is 0.125. The van der Waals surface area contributed by atoms with Crippen LogP contribution >= 0.6 is 0 Å². The van der Waals surface area contributed by atoms with Crippen LogP contribution in [-0.4, -0.2) is 6.61 Å². The molecule has 0 radical (unpaired) electrons. The van der Waals surface area contributed by atoms with Gasteiger partial charge in [0.05, 0.1) is 13.2 Å². The molecule has 0 heterocycles. The largest absolute Gasteiger partial charge is 0.376 e. The zero-order valence-corrected chi connectivity index (χ0v) is 17.8. The molecule has 0 atom stereocenters. The predicted molar refractivity (Wildman–Crippen MR) is 125 cm³/mol. The number of benzene rings is 2. The topological polar surface area (TPSA) is 9.23 Å². The molecular formula is C28H36O. The average molecular weight is 389 g/mol. The van der Waals surface area contributed by atoms with Crippen molar-refractivity contribution in [3.8, 4) is 11.1 Å². The lowest BCUT2D eigenvalue weighted by Gasteiger charge is -2.29. The van der Waals surface area contributed by atoms with E-state index in [2.05, 4.69) is 67.8 Å². The van der Waals surface area contributed by atoms with Crippen molar-refractivity contribution in [1.29, 1.82) is 0 Å². The summed E-state index contributed by atoms with van der Waals surface area (Å²) in [4.78, 5) is 0. The molecule has 0 aromatic heterocycles. The van der Waals surface area contributed by atoms with E-state index in [1.165, 1.54) is 67.2 Å². The minimum atomic E-state index is 0.670. The van der Waals surface area contributed by atoms with E-state index in [0.717, 1.165) is 24.9 Å². The molecule has 1 fully saturated rings. The van der Waals surface area contributed by atoms with Crippen LogP contribution in [0.1, 0.15) is 68.4 Å². The standard InChI is InChI=1S/C28H36O/c1-3-5-7-8-23-9-13-25(14-10-23)27-17-19-28(20-18-27)26-15-11-24(12-16-26)22-29-21-6-4-2/h3-4,11-12,15-20,23,25H,1-2,5-10,13-14,21-22H2. The Morgan fingerprint density at radius 1 is 0.793 bits per heavy atom. The average Bonchev–Trinajstić information content (AvgIpc) is 2.78. The Balaban J connectivity index is 1.50. The van der Waals surface area contributed by atoms with Crippen molar-refractivity contribution in [3.63, 3.8) is 0 Å². The zero-order chi connectivity index (χ0) is 20.3. The van der Waals surface area contributed by atoms with Gasteiger partial charge < -0.3 is 4.74 Å². The van der Waals surface area contributed by atoms with Crippen LogP contribution in [0, 0.1) is 5.92 Å². The first-order chi connectivity index (χ1) is 14.3. The SMILES string of the molecule is C=CCCCC1CCC(c2ccc(-c3ccc(COCCC=C)cc3)cc2)CC1. The van der Waals surface area contributed by atoms with Crippen LogP contribution in [0.15, 0.2) is 73.8 Å². The third-order valence-corrected chi connectivity index (χ3v) is 6.27. The fourth-order valence-electron chi connectivity index (χ4n) is 4.43. The molecule has 0 bridgehead atoms. The number of unbranched alkanes of at least 4 members (excludes halogenated alkanes) is 1. The minimum absolute atomic E-state index is 0.670. The second-order valence-corrected chi connectivity index (χ2v) is 8.39. The molecule has 2 aromatic carbocycles. The first kappa shape index (κ1) is 21.6. The smallest absolute Gasteiger partial charge is 0.0717 e. The second kappa shape index (κ2) is 11.8. The molecule has 0 amide bonds. The molecule has 1 heteroatoms. The van der Waals surface area contributed by atoms with Gasteiger partial charge in [0.15, 0.2) is 0 Å². The summed E-state index contributed by atoms with van der Waals surface area (Å²) < 4.78 is 5.65. The second-order valence-electron chi connectivity index (χ2n) is 8.39. The first-order valence-electron chi connectivity index (χ1n) is 11.3. The number of allylic oxidation sites excluding steroid dienone is 1. The van der Waals surface area contributed by atoms with Crippen LogP contribution in [0.4, 0.5) is 0 Å². The van der Waals surface area contributed by atoms with Crippen LogP contribution < -0.4 is 0 Å². The Labute approximate surface area is 177 Å². The molecule has 0 N–H and O–H groups in total. The lowest BCUT2D eigenvalue weighted by Crippen LogP contribution is -2.13. The molecule has 0 saturated heterocycles. The number of rotatable bonds is 11. The Morgan fingerprint density at radius 3 is 2.03 bits per heavy atom. The van der Waals surface area contributed by atoms with E-state index in [1.54, 1.807) is 0 Å². The summed E-state index contributed by atoms with van der Waals surface area (Å²) in [5.41, 5.74) is 5.31. The molecular weight excluding hydrogens is 352 g/mol. The minimum Gasteiger partial charge on any atom is -0.376 e. The van der Waals surface area contributed by atoms with Gasteiger partial charge in [-0.1, -0.05) is 67.1 Å². The molecule has 2 aromatic rings. The Bertz CT molecular complexity index is 733. The van der Waals surface area contributed by atoms with Gasteiger partial charge in [0.1, 0.15) is 0 Å². The summed E-state index contributed by atoms with van der Waals surface area (Å²) in [7, 11) is 0. The van der Waals surface area contributed by atoms with E-state index in [9.17, 15) is 0 Å². The van der Waals surface area contributed by atoms with Gasteiger partial charge in [0, 0.05) is 0 Å². The summed E-state index contributed by atoms with van der Waals surface area (Å²) in [6.45, 7) is 8.97. The summed E-state index contributed by atoms with van der Waals surface area (Å²) in [6.07, 6.45) is 14.2. The summed E-state index contributed by atoms with van der Waals surface area (Å²) >= 11 is 0. The highest BCUT2D eigenvalue weighted by Crippen LogP contribution is 2.38. The summed E-state index contributed by atoms with van der Waals surface area (Å²) in [5.74, 6) is 1.68. The lowest BCUT2D eigenvalue weighted by atomic mass is 9.77. The monoisotopic (exact) mass is 388 g/mol. The van der Waals surface area contributed by atoms with Crippen LogP contribution in [0.5, 0.6) is 0 Å². The van der Waals surface area contributed by atoms with Gasteiger partial charge >= 0.3 is 0 Å². The maximum Gasteiger partial charge on any atom is 0.0717 e. The van der Waals surface area contributed by atoms with E-state index in [1.807, 2.05) is 6.08 Å². The van der Waals surface area contributed by atoms with Crippen LogP contribution in [0.2, 0.25) is 0 Å². The number of hydrogen-bond acceptors (Lipinski definition) is 1. The summed E-state index contributed by atoms with van der Waals surface area (Å²) in [5, 5.41) is 0. The van der Waals surface area contributed by atoms with Crippen molar-refractivity contribution < 1.29 is 4.74 Å². The highest BCUT2D eigenvalue weighted by Gasteiger charge is 2.21. The molecule has 3 rings (SSSR count). The normalized spacial score (nSPS) is 19.0. The predicted octanol–water partition coefficient (Wildman–Crippen LogP) is 8.08. The van der Waals surface area contributed by atoms with Crippen molar-refractivity contribution in [2.45, 2.75) is 63.9 Å². The molecule has 1 aliphatic rings. The van der Waals surface area contributed by atoms with Crippen LogP contribution in [0.3, 0.4) is 0 Å². The van der Waals surface area contributed by atoms with E-state index >= 15 is 0 Å². The van der Waals surface area contributed by atoms with E-state index in [0.29, 0.717) is 6.61 Å². The summed E-state index contributed by atoms with van der Waals surface area (Å²) in [6, 6.07) is 18.0. The molecule has 29 heavy (non-hydrogen) atoms. The van der Waals surface area contributed by atoms with Crippen LogP contribution in [0.25, 0.3) is 11.1 Å². The van der Waals surface area contributed by atoms with Crippen LogP contribution in [-0.2, 0) is 11.3 Å². The van der Waals surface area contributed by atoms with Crippen molar-refractivity contribution in [1.82, 2.24) is 0 Å². The van der Waals surface area contributed by atoms with Gasteiger partial charge in [-0.2, -0.15) is 0 Å². The van der Waals surface area contributed by atoms with E-state index < -0.39 is 0 Å². The Kier molecular flexibility index (Phi) is 8.77. The van der Waals surface area contributed by atoms with E-state index in [-0.39, 0.29) is 0 Å². The van der Waals surface area contributed by atoms with E-state index in [4.69, 9.17) is 4.74 Å². The fourth-order valence-corrected chi connectivity index (χ4v) is 4.43. The maximum absolute atomic E-state index is 5.65. The third kappa shape index (κ3) is 6.72. The molecule has 0 spiro atoms. The molecule has 0 aliphatic heterocycles. The number of ether oxygens (including phenoxy) is 1. The molecule has 1 nitrogen and oxygen atoms in total. The Hall–Kier alpha value is -2.12. The highest BCUT2D eigenvalue weighted by molar-refractivity contribution is 5.64. The van der Waals surface area contributed by atoms with Gasteiger partial charge in [0.2, 0.25) is 0 Å². The first-order valence-corrected chi connectivity index (χ1v) is 11.3. The van der Waals surface area contributed by atoms with Gasteiger partial charge in [-0.15, -0.1) is 13.2 Å². The van der Waals surface area contributed by atoms with Gasteiger partial charge in [-0.3, -0.25) is 0 Å². The Morgan fingerprint density at radius 2 is 1.41 bits per heavy atom. The molecule has 1 saturated carbocycles. The van der Waals surface area contributed by atoms with Gasteiger partial charge in [0.25, 0.3) is 0 Å². The molecule has 154 valence electrons. The fraction of sp³-hybridized carbons (Fsp3) is 0.429. The maximum atomic E-state index is 5.65. The van der Waals surface area contributed by atoms with Gasteiger partial charge in [-0.25, -0.2) is 0 Å². The van der Waals surface area contributed by atoms with Gasteiger partial charge in [-0.05, 0) is 79.0 Å². The number of hydrogen-bond donors (Lipinski definition) is 0. The third-order valence-electron chi connectivity index (χ3n) is 6.27. The van der Waals surface area contributed by atoms with Crippen molar-refractivity contribution in [2.75, 3.05) is 6.61 Å². The van der Waals surface area contributed by atoms with Crippen molar-refractivity contribution in [2.24, 2.45) is 5.92 Å².